The molecule has 0 saturated carbocycles. The first-order valence-electron chi connectivity index (χ1n) is 7.58. The van der Waals surface area contributed by atoms with Gasteiger partial charge in [-0.1, -0.05) is 18.2 Å². The van der Waals surface area contributed by atoms with Gasteiger partial charge in [0.05, 0.1) is 28.6 Å². The molecule has 0 aliphatic rings. The third-order valence-corrected chi connectivity index (χ3v) is 5.43. The first-order chi connectivity index (χ1) is 12.2. The number of fused-ring (bicyclic) bond motifs is 1. The van der Waals surface area contributed by atoms with Gasteiger partial charge in [-0.15, -0.1) is 11.3 Å². The van der Waals surface area contributed by atoms with Crippen molar-refractivity contribution in [1.29, 1.82) is 0 Å². The average Bonchev–Trinajstić information content (AvgIpc) is 3.17. The van der Waals surface area contributed by atoms with Crippen LogP contribution in [0, 0.1) is 3.57 Å². The molecule has 0 saturated heterocycles. The van der Waals surface area contributed by atoms with E-state index in [-0.39, 0.29) is 5.56 Å². The zero-order valence-corrected chi connectivity index (χ0v) is 16.2. The highest BCUT2D eigenvalue weighted by Gasteiger charge is 2.17. The largest absolute Gasteiger partial charge is 0.495 e. The summed E-state index contributed by atoms with van der Waals surface area (Å²) in [6, 6.07) is 17.1. The summed E-state index contributed by atoms with van der Waals surface area (Å²) in [5.41, 5.74) is 1.28. The molecule has 0 N–H and O–H groups in total. The predicted molar refractivity (Wildman–Crippen MR) is 110 cm³/mol. The van der Waals surface area contributed by atoms with Crippen molar-refractivity contribution >= 4 is 44.8 Å². The van der Waals surface area contributed by atoms with E-state index in [0.717, 1.165) is 8.45 Å². The zero-order valence-electron chi connectivity index (χ0n) is 13.3. The Morgan fingerprint density at radius 1 is 1.12 bits per heavy atom. The molecule has 4 nitrogen and oxygen atoms in total. The normalized spacial score (nSPS) is 11.0. The fraction of sp³-hybridized carbons (Fsp3) is 0.0526. The van der Waals surface area contributed by atoms with Crippen LogP contribution in [0.15, 0.2) is 64.8 Å². The monoisotopic (exact) mass is 460 g/mol. The fourth-order valence-electron chi connectivity index (χ4n) is 2.77. The molecule has 4 rings (SSSR count). The second kappa shape index (κ2) is 6.61. The van der Waals surface area contributed by atoms with Gasteiger partial charge in [-0.25, -0.2) is 4.98 Å². The maximum atomic E-state index is 13.3. The smallest absolute Gasteiger partial charge is 0.266 e. The third-order valence-electron chi connectivity index (χ3n) is 3.90. The summed E-state index contributed by atoms with van der Waals surface area (Å²) in [5.74, 6) is 1.26. The molecule has 0 spiro atoms. The lowest BCUT2D eigenvalue weighted by molar-refractivity contribution is 0.412. The standard InChI is InChI=1S/C19H13IN2O2S/c1-24-16-6-3-2-5-15(16)22-18(17-7-4-10-25-17)21-14-9-8-12(20)11-13(14)19(22)23/h2-11H,1H3. The topological polar surface area (TPSA) is 44.1 Å². The number of rotatable bonds is 3. The van der Waals surface area contributed by atoms with Crippen LogP contribution in [0.4, 0.5) is 0 Å². The molecular weight excluding hydrogens is 447 g/mol. The predicted octanol–water partition coefficient (Wildman–Crippen LogP) is 4.73. The number of halogens is 1. The van der Waals surface area contributed by atoms with Crippen molar-refractivity contribution in [3.8, 4) is 22.1 Å². The van der Waals surface area contributed by atoms with Gasteiger partial charge < -0.3 is 4.74 Å². The first-order valence-corrected chi connectivity index (χ1v) is 9.54. The van der Waals surface area contributed by atoms with Crippen molar-refractivity contribution in [3.63, 3.8) is 0 Å². The van der Waals surface area contributed by atoms with E-state index >= 15 is 0 Å². The van der Waals surface area contributed by atoms with Gasteiger partial charge in [-0.05, 0) is 64.4 Å². The lowest BCUT2D eigenvalue weighted by Crippen LogP contribution is -2.22. The summed E-state index contributed by atoms with van der Waals surface area (Å²) in [6.07, 6.45) is 0. The Hall–Kier alpha value is -2.19. The Morgan fingerprint density at radius 3 is 2.72 bits per heavy atom. The molecule has 2 heterocycles. The van der Waals surface area contributed by atoms with E-state index in [1.165, 1.54) is 0 Å². The van der Waals surface area contributed by atoms with Gasteiger partial charge in [-0.2, -0.15) is 0 Å². The van der Waals surface area contributed by atoms with Crippen LogP contribution in [0.5, 0.6) is 5.75 Å². The molecule has 0 aliphatic heterocycles. The number of aromatic nitrogens is 2. The van der Waals surface area contributed by atoms with Crippen LogP contribution in [-0.4, -0.2) is 16.7 Å². The molecule has 6 heteroatoms. The minimum absolute atomic E-state index is 0.101. The van der Waals surface area contributed by atoms with Crippen molar-refractivity contribution in [2.75, 3.05) is 7.11 Å². The number of methoxy groups -OCH3 is 1. The van der Waals surface area contributed by atoms with Crippen molar-refractivity contribution in [1.82, 2.24) is 9.55 Å². The highest BCUT2D eigenvalue weighted by atomic mass is 127. The minimum atomic E-state index is -0.101. The average molecular weight is 460 g/mol. The minimum Gasteiger partial charge on any atom is -0.495 e. The molecule has 0 fully saturated rings. The molecule has 124 valence electrons. The molecule has 0 bridgehead atoms. The lowest BCUT2D eigenvalue weighted by Gasteiger charge is -2.15. The van der Waals surface area contributed by atoms with Crippen LogP contribution < -0.4 is 10.3 Å². The van der Waals surface area contributed by atoms with Crippen LogP contribution in [-0.2, 0) is 0 Å². The van der Waals surface area contributed by atoms with Gasteiger partial charge >= 0.3 is 0 Å². The van der Waals surface area contributed by atoms with E-state index in [4.69, 9.17) is 9.72 Å². The van der Waals surface area contributed by atoms with Crippen molar-refractivity contribution < 1.29 is 4.74 Å². The van der Waals surface area contributed by atoms with Gasteiger partial charge in [0, 0.05) is 3.57 Å². The summed E-state index contributed by atoms with van der Waals surface area (Å²) in [5, 5.41) is 2.57. The number of para-hydroxylation sites is 2. The Balaban J connectivity index is 2.16. The van der Waals surface area contributed by atoms with Gasteiger partial charge in [0.15, 0.2) is 5.82 Å². The fourth-order valence-corrected chi connectivity index (χ4v) is 3.96. The molecule has 2 aromatic carbocycles. The highest BCUT2D eigenvalue weighted by Crippen LogP contribution is 2.29. The number of hydrogen-bond acceptors (Lipinski definition) is 4. The summed E-state index contributed by atoms with van der Waals surface area (Å²) >= 11 is 3.76. The number of thiophene rings is 1. The van der Waals surface area contributed by atoms with Crippen molar-refractivity contribution in [2.45, 2.75) is 0 Å². The zero-order chi connectivity index (χ0) is 17.4. The second-order valence-corrected chi connectivity index (χ2v) is 7.58. The number of ether oxygens (including phenoxy) is 1. The summed E-state index contributed by atoms with van der Waals surface area (Å²) < 4.78 is 8.12. The Bertz CT molecular complexity index is 1120. The lowest BCUT2D eigenvalue weighted by atomic mass is 10.2. The maximum absolute atomic E-state index is 13.3. The first kappa shape index (κ1) is 16.3. The highest BCUT2D eigenvalue weighted by molar-refractivity contribution is 14.1. The summed E-state index contributed by atoms with van der Waals surface area (Å²) in [4.78, 5) is 19.1. The molecule has 0 aliphatic carbocycles. The SMILES string of the molecule is COc1ccccc1-n1c(-c2cccs2)nc2ccc(I)cc2c1=O. The number of benzene rings is 2. The van der Waals surface area contributed by atoms with Crippen LogP contribution in [0.2, 0.25) is 0 Å². The van der Waals surface area contributed by atoms with E-state index in [1.54, 1.807) is 23.0 Å². The number of nitrogens with zero attached hydrogens (tertiary/aromatic N) is 2. The molecule has 0 amide bonds. The van der Waals surface area contributed by atoms with Gasteiger partial charge in [-0.3, -0.25) is 9.36 Å². The molecule has 0 radical (unpaired) electrons. The maximum Gasteiger partial charge on any atom is 0.266 e. The van der Waals surface area contributed by atoms with E-state index in [1.807, 2.05) is 60.0 Å². The van der Waals surface area contributed by atoms with Crippen molar-refractivity contribution in [3.05, 3.63) is 73.9 Å². The van der Waals surface area contributed by atoms with Crippen LogP contribution in [0.1, 0.15) is 0 Å². The Labute approximate surface area is 161 Å². The Kier molecular flexibility index (Phi) is 4.30. The Morgan fingerprint density at radius 2 is 1.96 bits per heavy atom. The molecule has 2 aromatic heterocycles. The molecule has 0 atom stereocenters. The van der Waals surface area contributed by atoms with E-state index in [2.05, 4.69) is 22.6 Å². The van der Waals surface area contributed by atoms with Gasteiger partial charge in [0.25, 0.3) is 5.56 Å². The van der Waals surface area contributed by atoms with E-state index < -0.39 is 0 Å². The van der Waals surface area contributed by atoms with E-state index in [0.29, 0.717) is 28.2 Å². The van der Waals surface area contributed by atoms with Crippen LogP contribution >= 0.6 is 33.9 Å². The van der Waals surface area contributed by atoms with E-state index in [9.17, 15) is 4.79 Å². The van der Waals surface area contributed by atoms with Crippen LogP contribution in [0.3, 0.4) is 0 Å². The van der Waals surface area contributed by atoms with Gasteiger partial charge in [0.1, 0.15) is 5.75 Å². The van der Waals surface area contributed by atoms with Gasteiger partial charge in [0.2, 0.25) is 0 Å². The molecule has 25 heavy (non-hydrogen) atoms. The van der Waals surface area contributed by atoms with Crippen LogP contribution in [0.25, 0.3) is 27.3 Å². The summed E-state index contributed by atoms with van der Waals surface area (Å²) in [6.45, 7) is 0. The number of hydrogen-bond donors (Lipinski definition) is 0. The molecular formula is C19H13IN2O2S. The summed E-state index contributed by atoms with van der Waals surface area (Å²) in [7, 11) is 1.60. The third kappa shape index (κ3) is 2.85. The van der Waals surface area contributed by atoms with Crippen molar-refractivity contribution in [2.24, 2.45) is 0 Å². The molecule has 4 aromatic rings. The quantitative estimate of drug-likeness (QED) is 0.416. The second-order valence-electron chi connectivity index (χ2n) is 5.39. The molecule has 0 unspecified atom stereocenters.